The average molecular weight is 291 g/mol. The molecule has 1 unspecified atom stereocenters. The zero-order chi connectivity index (χ0) is 14.5. The molecule has 0 aliphatic heterocycles. The van der Waals surface area contributed by atoms with Crippen molar-refractivity contribution < 1.29 is 14.6 Å². The average Bonchev–Trinajstić information content (AvgIpc) is 2.48. The summed E-state index contributed by atoms with van der Waals surface area (Å²) in [5.41, 5.74) is 1.36. The third kappa shape index (κ3) is 3.59. The van der Waals surface area contributed by atoms with Gasteiger partial charge in [-0.3, -0.25) is 4.79 Å². The Morgan fingerprint density at radius 1 is 1.15 bits per heavy atom. The van der Waals surface area contributed by atoms with Crippen molar-refractivity contribution in [3.05, 3.63) is 64.7 Å². The number of ketones is 1. The van der Waals surface area contributed by atoms with Gasteiger partial charge < -0.3 is 9.84 Å². The first-order valence-electron chi connectivity index (χ1n) is 6.26. The van der Waals surface area contributed by atoms with Crippen molar-refractivity contribution in [2.75, 3.05) is 0 Å². The monoisotopic (exact) mass is 290 g/mol. The summed E-state index contributed by atoms with van der Waals surface area (Å²) in [4.78, 5) is 12.2. The molecular formula is C16H15ClO3. The van der Waals surface area contributed by atoms with Crippen LogP contribution in [-0.4, -0.2) is 17.0 Å². The van der Waals surface area contributed by atoms with Gasteiger partial charge in [0.1, 0.15) is 5.75 Å². The molecule has 0 aliphatic carbocycles. The quantitative estimate of drug-likeness (QED) is 0.858. The van der Waals surface area contributed by atoms with Crippen LogP contribution in [0.3, 0.4) is 0 Å². The van der Waals surface area contributed by atoms with Crippen LogP contribution in [0.2, 0.25) is 5.02 Å². The molecule has 104 valence electrons. The summed E-state index contributed by atoms with van der Waals surface area (Å²) in [5.74, 6) is 0.491. The molecule has 1 N–H and O–H groups in total. The highest BCUT2D eigenvalue weighted by Gasteiger charge is 2.16. The molecule has 0 amide bonds. The lowest BCUT2D eigenvalue weighted by molar-refractivity contribution is 0.0818. The maximum absolute atomic E-state index is 12.2. The Morgan fingerprint density at radius 3 is 2.30 bits per heavy atom. The van der Waals surface area contributed by atoms with Gasteiger partial charge >= 0.3 is 0 Å². The van der Waals surface area contributed by atoms with E-state index in [0.29, 0.717) is 16.3 Å². The van der Waals surface area contributed by atoms with Crippen LogP contribution in [-0.2, 0) is 6.61 Å². The molecule has 0 saturated carbocycles. The number of carbonyl (C=O) groups excluding carboxylic acids is 1. The van der Waals surface area contributed by atoms with E-state index in [0.717, 1.165) is 5.56 Å². The molecule has 0 aromatic heterocycles. The Hall–Kier alpha value is -1.84. The molecule has 3 nitrogen and oxygen atoms in total. The second-order valence-corrected chi connectivity index (χ2v) is 4.87. The predicted octanol–water partition coefficient (Wildman–Crippen LogP) is 3.48. The van der Waals surface area contributed by atoms with Crippen molar-refractivity contribution >= 4 is 17.4 Å². The maximum Gasteiger partial charge on any atom is 0.202 e. The second kappa shape index (κ2) is 6.55. The summed E-state index contributed by atoms with van der Waals surface area (Å²) < 4.78 is 5.60. The zero-order valence-electron chi connectivity index (χ0n) is 11.0. The van der Waals surface area contributed by atoms with Gasteiger partial charge in [0.25, 0.3) is 0 Å². The Balaban J connectivity index is 2.04. The highest BCUT2D eigenvalue weighted by molar-refractivity contribution is 6.30. The summed E-state index contributed by atoms with van der Waals surface area (Å²) in [6, 6.07) is 13.7. The first-order chi connectivity index (χ1) is 9.60. The number of aliphatic hydroxyl groups is 1. The number of Topliss-reactive ketones (excluding diaryl/α,β-unsaturated/α-hetero) is 1. The van der Waals surface area contributed by atoms with Crippen LogP contribution in [0.5, 0.6) is 5.75 Å². The normalized spacial score (nSPS) is 11.9. The van der Waals surface area contributed by atoms with Crippen molar-refractivity contribution in [1.82, 2.24) is 0 Å². The van der Waals surface area contributed by atoms with E-state index in [1.165, 1.54) is 0 Å². The van der Waals surface area contributed by atoms with E-state index < -0.39 is 6.10 Å². The fourth-order valence-electron chi connectivity index (χ4n) is 1.78. The highest BCUT2D eigenvalue weighted by Crippen LogP contribution is 2.17. The molecular weight excluding hydrogens is 276 g/mol. The number of halogens is 1. The predicted molar refractivity (Wildman–Crippen MR) is 78.2 cm³/mol. The molecule has 2 aromatic rings. The molecule has 2 rings (SSSR count). The lowest BCUT2D eigenvalue weighted by Gasteiger charge is -2.14. The lowest BCUT2D eigenvalue weighted by Crippen LogP contribution is -2.23. The SMILES string of the molecule is CC(Oc1ccc(CO)cc1)C(=O)c1ccc(Cl)cc1. The van der Waals surface area contributed by atoms with Gasteiger partial charge in [-0.05, 0) is 48.9 Å². The maximum atomic E-state index is 12.2. The van der Waals surface area contributed by atoms with Gasteiger partial charge in [-0.1, -0.05) is 23.7 Å². The molecule has 0 saturated heterocycles. The van der Waals surface area contributed by atoms with E-state index in [9.17, 15) is 4.79 Å². The standard InChI is InChI=1S/C16H15ClO3/c1-11(16(19)13-4-6-14(17)7-5-13)20-15-8-2-12(10-18)3-9-15/h2-9,11,18H,10H2,1H3. The van der Waals surface area contributed by atoms with Gasteiger partial charge in [0.2, 0.25) is 5.78 Å². The summed E-state index contributed by atoms with van der Waals surface area (Å²) in [6.45, 7) is 1.69. The minimum atomic E-state index is -0.587. The van der Waals surface area contributed by atoms with Crippen molar-refractivity contribution in [3.8, 4) is 5.75 Å². The molecule has 0 bridgehead atoms. The fourth-order valence-corrected chi connectivity index (χ4v) is 1.91. The van der Waals surface area contributed by atoms with Crippen LogP contribution in [0.25, 0.3) is 0 Å². The van der Waals surface area contributed by atoms with Gasteiger partial charge in [0.05, 0.1) is 6.61 Å². The second-order valence-electron chi connectivity index (χ2n) is 4.43. The summed E-state index contributed by atoms with van der Waals surface area (Å²) in [7, 11) is 0. The van der Waals surface area contributed by atoms with Crippen LogP contribution in [0.4, 0.5) is 0 Å². The Kier molecular flexibility index (Phi) is 4.77. The number of aliphatic hydroxyl groups excluding tert-OH is 1. The molecule has 0 aliphatic rings. The van der Waals surface area contributed by atoms with Crippen LogP contribution in [0, 0.1) is 0 Å². The molecule has 0 radical (unpaired) electrons. The van der Waals surface area contributed by atoms with E-state index in [1.807, 2.05) is 0 Å². The zero-order valence-corrected chi connectivity index (χ0v) is 11.8. The van der Waals surface area contributed by atoms with Crippen LogP contribution in [0.15, 0.2) is 48.5 Å². The van der Waals surface area contributed by atoms with E-state index in [4.69, 9.17) is 21.4 Å². The van der Waals surface area contributed by atoms with Crippen molar-refractivity contribution in [1.29, 1.82) is 0 Å². The lowest BCUT2D eigenvalue weighted by atomic mass is 10.1. The number of ether oxygens (including phenoxy) is 1. The number of hydrogen-bond acceptors (Lipinski definition) is 3. The minimum Gasteiger partial charge on any atom is -0.483 e. The van der Waals surface area contributed by atoms with Crippen molar-refractivity contribution in [3.63, 3.8) is 0 Å². The van der Waals surface area contributed by atoms with Gasteiger partial charge in [-0.25, -0.2) is 0 Å². The van der Waals surface area contributed by atoms with Gasteiger partial charge in [-0.15, -0.1) is 0 Å². The number of rotatable bonds is 5. The summed E-state index contributed by atoms with van der Waals surface area (Å²) in [6.07, 6.45) is -0.587. The van der Waals surface area contributed by atoms with Gasteiger partial charge in [-0.2, -0.15) is 0 Å². The van der Waals surface area contributed by atoms with Crippen LogP contribution in [0.1, 0.15) is 22.8 Å². The number of hydrogen-bond donors (Lipinski definition) is 1. The topological polar surface area (TPSA) is 46.5 Å². The Bertz CT molecular complexity index is 576. The first kappa shape index (κ1) is 14.6. The first-order valence-corrected chi connectivity index (χ1v) is 6.64. The Morgan fingerprint density at radius 2 is 1.75 bits per heavy atom. The van der Waals surface area contributed by atoms with Gasteiger partial charge in [0.15, 0.2) is 6.10 Å². The van der Waals surface area contributed by atoms with E-state index in [2.05, 4.69) is 0 Å². The third-order valence-electron chi connectivity index (χ3n) is 2.92. The molecule has 2 aromatic carbocycles. The fraction of sp³-hybridized carbons (Fsp3) is 0.188. The molecule has 4 heteroatoms. The van der Waals surface area contributed by atoms with Gasteiger partial charge in [0, 0.05) is 10.6 Å². The number of benzene rings is 2. The summed E-state index contributed by atoms with van der Waals surface area (Å²) in [5, 5.41) is 9.56. The van der Waals surface area contributed by atoms with Crippen molar-refractivity contribution in [2.45, 2.75) is 19.6 Å². The number of carbonyl (C=O) groups is 1. The smallest absolute Gasteiger partial charge is 0.202 e. The molecule has 0 spiro atoms. The van der Waals surface area contributed by atoms with E-state index in [1.54, 1.807) is 55.5 Å². The Labute approximate surface area is 122 Å². The largest absolute Gasteiger partial charge is 0.483 e. The van der Waals surface area contributed by atoms with Crippen LogP contribution >= 0.6 is 11.6 Å². The van der Waals surface area contributed by atoms with Crippen molar-refractivity contribution in [2.24, 2.45) is 0 Å². The van der Waals surface area contributed by atoms with E-state index >= 15 is 0 Å². The highest BCUT2D eigenvalue weighted by atomic mass is 35.5. The third-order valence-corrected chi connectivity index (χ3v) is 3.17. The molecule has 0 heterocycles. The minimum absolute atomic E-state index is 0.0143. The van der Waals surface area contributed by atoms with E-state index in [-0.39, 0.29) is 12.4 Å². The molecule has 20 heavy (non-hydrogen) atoms. The molecule has 0 fully saturated rings. The van der Waals surface area contributed by atoms with Crippen LogP contribution < -0.4 is 4.74 Å². The molecule has 1 atom stereocenters. The summed E-state index contributed by atoms with van der Waals surface area (Å²) >= 11 is 5.79.